The van der Waals surface area contributed by atoms with Crippen molar-refractivity contribution in [3.63, 3.8) is 0 Å². The first-order valence-electron chi connectivity index (χ1n) is 5.79. The highest BCUT2D eigenvalue weighted by molar-refractivity contribution is 5.48. The second kappa shape index (κ2) is 6.16. The number of hydrogen-bond acceptors (Lipinski definition) is 2. The molecule has 0 amide bonds. The fourth-order valence-electron chi connectivity index (χ4n) is 1.88. The third-order valence-corrected chi connectivity index (χ3v) is 2.68. The van der Waals surface area contributed by atoms with Crippen LogP contribution in [0.4, 0.5) is 5.69 Å². The number of nitro benzene ring substituents is 1. The van der Waals surface area contributed by atoms with Gasteiger partial charge in [-0.1, -0.05) is 0 Å². The molecule has 0 bridgehead atoms. The average molecular weight is 273 g/mol. The fourth-order valence-corrected chi connectivity index (χ4v) is 1.88. The number of nitrogens with two attached hydrogens (primary N) is 1. The monoisotopic (exact) mass is 272 g/mol. The van der Waals surface area contributed by atoms with Gasteiger partial charge in [0.1, 0.15) is 6.54 Å². The van der Waals surface area contributed by atoms with Crippen molar-refractivity contribution in [3.05, 3.63) is 38.9 Å². The van der Waals surface area contributed by atoms with Crippen molar-refractivity contribution < 1.29 is 22.6 Å². The number of quaternary nitrogens is 1. The van der Waals surface area contributed by atoms with Gasteiger partial charge in [0, 0.05) is 16.7 Å². The normalized spacial score (nSPS) is 10.9. The van der Waals surface area contributed by atoms with Gasteiger partial charge < -0.3 is 17.7 Å². The van der Waals surface area contributed by atoms with Gasteiger partial charge in [-0.05, 0) is 46.8 Å². The molecule has 5 heteroatoms. The van der Waals surface area contributed by atoms with Crippen LogP contribution in [-0.2, 0) is 6.54 Å². The van der Waals surface area contributed by atoms with E-state index < -0.39 is 0 Å². The molecule has 0 spiro atoms. The van der Waals surface area contributed by atoms with Gasteiger partial charge in [-0.25, -0.2) is 0 Å². The zero-order valence-corrected chi connectivity index (χ0v) is 12.3. The largest absolute Gasteiger partial charge is 1.00 e. The maximum atomic E-state index is 10.9. The smallest absolute Gasteiger partial charge is 0.275 e. The van der Waals surface area contributed by atoms with Crippen LogP contribution >= 0.6 is 0 Å². The molecule has 1 aromatic rings. The molecule has 0 unspecified atom stereocenters. The van der Waals surface area contributed by atoms with Crippen molar-refractivity contribution in [1.29, 1.82) is 0 Å². The molecule has 0 saturated heterocycles. The molecule has 0 aliphatic carbocycles. The molecule has 0 radical (unpaired) electrons. The van der Waals surface area contributed by atoms with E-state index in [0.29, 0.717) is 0 Å². The minimum atomic E-state index is -0.304. The van der Waals surface area contributed by atoms with Gasteiger partial charge in [0.2, 0.25) is 0 Å². The lowest BCUT2D eigenvalue weighted by Gasteiger charge is -2.17. The van der Waals surface area contributed by atoms with E-state index in [1.165, 1.54) is 0 Å². The lowest BCUT2D eigenvalue weighted by atomic mass is 10.0. The summed E-state index contributed by atoms with van der Waals surface area (Å²) in [5.74, 6) is 0. The third kappa shape index (κ3) is 4.63. The molecule has 0 aliphatic rings. The topological polar surface area (TPSA) is 59.8 Å². The van der Waals surface area contributed by atoms with Crippen LogP contribution in [0.15, 0.2) is 12.1 Å². The van der Waals surface area contributed by atoms with Crippen LogP contribution in [0, 0.1) is 24.0 Å². The molecule has 0 atom stereocenters. The van der Waals surface area contributed by atoms with Crippen LogP contribution in [0.1, 0.15) is 37.5 Å². The Morgan fingerprint density at radius 1 is 1.22 bits per heavy atom. The van der Waals surface area contributed by atoms with Gasteiger partial charge in [0.25, 0.3) is 5.69 Å². The third-order valence-electron chi connectivity index (χ3n) is 2.68. The molecule has 18 heavy (non-hydrogen) atoms. The van der Waals surface area contributed by atoms with E-state index in [-0.39, 0.29) is 28.6 Å². The van der Waals surface area contributed by atoms with Crippen molar-refractivity contribution in [3.8, 4) is 0 Å². The Kier molecular flexibility index (Phi) is 5.77. The zero-order chi connectivity index (χ0) is 13.2. The van der Waals surface area contributed by atoms with Gasteiger partial charge in [0.15, 0.2) is 0 Å². The highest BCUT2D eigenvalue weighted by Crippen LogP contribution is 2.23. The van der Waals surface area contributed by atoms with Crippen LogP contribution in [0.25, 0.3) is 0 Å². The molecule has 1 aromatic carbocycles. The lowest BCUT2D eigenvalue weighted by Crippen LogP contribution is -3.00. The summed E-state index contributed by atoms with van der Waals surface area (Å²) in [5.41, 5.74) is 3.04. The van der Waals surface area contributed by atoms with E-state index in [1.807, 2.05) is 12.1 Å². The number of rotatable bonds is 3. The maximum absolute atomic E-state index is 10.9. The standard InChI is InChI=1S/C13H20N2O2.ClH/c1-9-6-11(8-14-13(3,4)5)7-10(2)12(9)15(16)17;/h6-7,14H,8H2,1-5H3;1H. The van der Waals surface area contributed by atoms with Crippen LogP contribution < -0.4 is 17.7 Å². The SMILES string of the molecule is Cc1cc(C[NH2+]C(C)(C)C)cc(C)c1[N+](=O)[O-].[Cl-]. The number of aryl methyl sites for hydroxylation is 2. The van der Waals surface area contributed by atoms with Gasteiger partial charge in [-0.2, -0.15) is 0 Å². The molecular weight excluding hydrogens is 252 g/mol. The fraction of sp³-hybridized carbons (Fsp3) is 0.538. The van der Waals surface area contributed by atoms with Gasteiger partial charge in [0.05, 0.1) is 10.5 Å². The van der Waals surface area contributed by atoms with Crippen LogP contribution in [0.2, 0.25) is 0 Å². The summed E-state index contributed by atoms with van der Waals surface area (Å²) in [4.78, 5) is 10.6. The summed E-state index contributed by atoms with van der Waals surface area (Å²) in [6, 6.07) is 3.82. The first-order valence-corrected chi connectivity index (χ1v) is 5.79. The molecule has 0 aromatic heterocycles. The van der Waals surface area contributed by atoms with Crippen molar-refractivity contribution in [2.45, 2.75) is 46.7 Å². The van der Waals surface area contributed by atoms with Crippen molar-refractivity contribution in [1.82, 2.24) is 0 Å². The Bertz CT molecular complexity index is 416. The molecule has 1 rings (SSSR count). The van der Waals surface area contributed by atoms with E-state index in [2.05, 4.69) is 26.1 Å². The Morgan fingerprint density at radius 3 is 2.00 bits per heavy atom. The maximum Gasteiger partial charge on any atom is 0.275 e. The number of halogens is 1. The van der Waals surface area contributed by atoms with E-state index in [1.54, 1.807) is 13.8 Å². The molecule has 2 N–H and O–H groups in total. The van der Waals surface area contributed by atoms with Crippen LogP contribution in [0.5, 0.6) is 0 Å². The second-order valence-corrected chi connectivity index (χ2v) is 5.61. The molecule has 0 aliphatic heterocycles. The van der Waals surface area contributed by atoms with Crippen LogP contribution in [0.3, 0.4) is 0 Å². The van der Waals surface area contributed by atoms with E-state index in [0.717, 1.165) is 23.2 Å². The lowest BCUT2D eigenvalue weighted by molar-refractivity contribution is -0.731. The summed E-state index contributed by atoms with van der Waals surface area (Å²) < 4.78 is 0. The minimum Gasteiger partial charge on any atom is -1.00 e. The van der Waals surface area contributed by atoms with E-state index in [4.69, 9.17) is 0 Å². The first-order chi connectivity index (χ1) is 7.70. The summed E-state index contributed by atoms with van der Waals surface area (Å²) in [7, 11) is 0. The van der Waals surface area contributed by atoms with E-state index >= 15 is 0 Å². The molecule has 102 valence electrons. The Balaban J connectivity index is 0.00000289. The summed E-state index contributed by atoms with van der Waals surface area (Å²) >= 11 is 0. The number of hydrogen-bond donors (Lipinski definition) is 1. The van der Waals surface area contributed by atoms with Gasteiger partial charge >= 0.3 is 0 Å². The average Bonchev–Trinajstić information content (AvgIpc) is 2.11. The molecular formula is C13H21ClN2O2. The highest BCUT2D eigenvalue weighted by atomic mass is 35.5. The Labute approximate surface area is 114 Å². The second-order valence-electron chi connectivity index (χ2n) is 5.61. The number of benzene rings is 1. The van der Waals surface area contributed by atoms with Crippen molar-refractivity contribution >= 4 is 5.69 Å². The van der Waals surface area contributed by atoms with Crippen LogP contribution in [-0.4, -0.2) is 10.5 Å². The highest BCUT2D eigenvalue weighted by Gasteiger charge is 2.17. The molecule has 0 saturated carbocycles. The van der Waals surface area contributed by atoms with Crippen molar-refractivity contribution in [2.24, 2.45) is 0 Å². The summed E-state index contributed by atoms with van der Waals surface area (Å²) in [6.45, 7) is 10.9. The molecule has 0 fully saturated rings. The molecule has 0 heterocycles. The summed E-state index contributed by atoms with van der Waals surface area (Å²) in [6.07, 6.45) is 0. The zero-order valence-electron chi connectivity index (χ0n) is 11.6. The number of nitro groups is 1. The Morgan fingerprint density at radius 2 is 1.67 bits per heavy atom. The minimum absolute atomic E-state index is 0. The van der Waals surface area contributed by atoms with Gasteiger partial charge in [-0.15, -0.1) is 0 Å². The predicted molar refractivity (Wildman–Crippen MR) is 68.0 cm³/mol. The first kappa shape index (κ1) is 16.9. The predicted octanol–water partition coefficient (Wildman–Crippen LogP) is -0.922. The Hall–Kier alpha value is -1.13. The van der Waals surface area contributed by atoms with Gasteiger partial charge in [-0.3, -0.25) is 10.1 Å². The molecule has 4 nitrogen and oxygen atoms in total. The quantitative estimate of drug-likeness (QED) is 0.571. The van der Waals surface area contributed by atoms with Crippen molar-refractivity contribution in [2.75, 3.05) is 0 Å². The number of nitrogens with zero attached hydrogens (tertiary/aromatic N) is 1. The van der Waals surface area contributed by atoms with E-state index in [9.17, 15) is 10.1 Å². The summed E-state index contributed by atoms with van der Waals surface area (Å²) in [5, 5.41) is 13.1.